The molecule has 6 rings (SSSR count). The summed E-state index contributed by atoms with van der Waals surface area (Å²) in [6.45, 7) is 9.57. The van der Waals surface area contributed by atoms with Crippen molar-refractivity contribution in [1.82, 2.24) is 0 Å². The second-order valence-electron chi connectivity index (χ2n) is 21.2. The summed E-state index contributed by atoms with van der Waals surface area (Å²) in [6.07, 6.45) is -38.7. The second kappa shape index (κ2) is 29.0. The van der Waals surface area contributed by atoms with Crippen molar-refractivity contribution in [3.8, 4) is 0 Å². The van der Waals surface area contributed by atoms with E-state index >= 15 is 0 Å². The van der Waals surface area contributed by atoms with E-state index in [2.05, 4.69) is 0 Å². The summed E-state index contributed by atoms with van der Waals surface area (Å²) < 4.78 is 70.7. The van der Waals surface area contributed by atoms with Crippen molar-refractivity contribution in [3.05, 3.63) is 35.1 Å². The second-order valence-corrected chi connectivity index (χ2v) is 21.2. The van der Waals surface area contributed by atoms with Gasteiger partial charge in [-0.3, -0.25) is 0 Å². The molecule has 78 heavy (non-hydrogen) atoms. The molecule has 6 saturated heterocycles. The highest BCUT2D eigenvalue weighted by atomic mass is 16.8. The highest BCUT2D eigenvalue weighted by Gasteiger charge is 2.56. The van der Waals surface area contributed by atoms with Gasteiger partial charge in [0.1, 0.15) is 116 Å². The van der Waals surface area contributed by atoms with Gasteiger partial charge in [0.2, 0.25) is 6.29 Å². The number of hydrogen-bond donors (Lipinski definition) is 16. The van der Waals surface area contributed by atoms with Gasteiger partial charge in [-0.1, -0.05) is 23.3 Å². The fourth-order valence-corrected chi connectivity index (χ4v) is 9.76. The Hall–Kier alpha value is -2.06. The summed E-state index contributed by atoms with van der Waals surface area (Å²) in [5.74, 6) is 0. The average Bonchev–Trinajstić information content (AvgIpc) is 3.46. The molecule has 452 valence electrons. The molecule has 0 spiro atoms. The summed E-state index contributed by atoms with van der Waals surface area (Å²) in [5.41, 5.74) is 2.41. The SMILES string of the molecule is CC(=CCCC(C)=COC1OC(CO)C(O)C(OC2OC(C)C(O)C(O)C2O)C1OC1OC(C)C(O)C(O)C1O)CCC=C(C)COC1OC(CO)C(O)C(OC2OC(C)C(O)C(O)C2O)C1OC1OC(C)C(O)C(O)C1O. The lowest BCUT2D eigenvalue weighted by atomic mass is 9.96. The van der Waals surface area contributed by atoms with Crippen molar-refractivity contribution in [2.24, 2.45) is 0 Å². The van der Waals surface area contributed by atoms with Gasteiger partial charge in [-0.2, -0.15) is 0 Å². The fraction of sp³-hybridized carbons (Fsp3) is 0.880. The van der Waals surface area contributed by atoms with Crippen LogP contribution in [0.5, 0.6) is 0 Å². The maximum atomic E-state index is 11.4. The van der Waals surface area contributed by atoms with E-state index in [1.54, 1.807) is 13.8 Å². The van der Waals surface area contributed by atoms with Crippen LogP contribution in [0.15, 0.2) is 35.1 Å². The maximum Gasteiger partial charge on any atom is 0.228 e. The van der Waals surface area contributed by atoms with Crippen LogP contribution in [-0.2, 0) is 56.8 Å². The Morgan fingerprint density at radius 2 is 0.679 bits per heavy atom. The van der Waals surface area contributed by atoms with E-state index in [1.807, 2.05) is 19.1 Å². The van der Waals surface area contributed by atoms with E-state index in [1.165, 1.54) is 34.0 Å². The monoisotopic (exact) mass is 1130 g/mol. The number of rotatable bonds is 21. The normalized spacial score (nSPS) is 48.2. The first-order valence-electron chi connectivity index (χ1n) is 26.3. The van der Waals surface area contributed by atoms with Crippen LogP contribution >= 0.6 is 0 Å². The molecule has 28 heteroatoms. The molecule has 6 fully saturated rings. The van der Waals surface area contributed by atoms with Crippen molar-refractivity contribution in [2.45, 2.75) is 258 Å². The van der Waals surface area contributed by atoms with Gasteiger partial charge >= 0.3 is 0 Å². The molecule has 0 bridgehead atoms. The fourth-order valence-electron chi connectivity index (χ4n) is 9.76. The van der Waals surface area contributed by atoms with E-state index in [9.17, 15) is 81.7 Å². The lowest BCUT2D eigenvalue weighted by Gasteiger charge is -2.48. The average molecular weight is 1130 g/mol. The molecule has 0 amide bonds. The van der Waals surface area contributed by atoms with Crippen LogP contribution in [0.3, 0.4) is 0 Å². The standard InChI is InChI=1S/C50H84O28/c1-18(10-8-12-19(2)16-67-49-43(77-47-39(65)35(61)29(55)23(6)71-47)41(31(57)25(14-51)73-49)75-45-37(63)33(59)27(53)21(4)69-45)11-9-13-20(3)17-68-50-44(78-48-40(66)36(62)30(56)24(7)72-48)42(32(58)26(15-52)74-50)76-46-38(64)34(60)28(54)22(5)70-46/h10,13,16,21-66H,8-9,11-12,14-15,17H2,1-7H3. The number of hydrogen-bond acceptors (Lipinski definition) is 28. The van der Waals surface area contributed by atoms with Gasteiger partial charge in [0.05, 0.1) is 50.5 Å². The third kappa shape index (κ3) is 15.4. The predicted molar refractivity (Wildman–Crippen MR) is 259 cm³/mol. The minimum Gasteiger partial charge on any atom is -0.470 e. The van der Waals surface area contributed by atoms with Crippen molar-refractivity contribution >= 4 is 0 Å². The molecule has 30 unspecified atom stereocenters. The van der Waals surface area contributed by atoms with E-state index in [-0.39, 0.29) is 6.61 Å². The first kappa shape index (κ1) is 65.1. The van der Waals surface area contributed by atoms with E-state index in [0.717, 1.165) is 5.57 Å². The molecule has 0 saturated carbocycles. The van der Waals surface area contributed by atoms with Crippen molar-refractivity contribution < 1.29 is 139 Å². The van der Waals surface area contributed by atoms with Crippen LogP contribution in [0.1, 0.15) is 74.1 Å². The Morgan fingerprint density at radius 3 is 1.05 bits per heavy atom. The smallest absolute Gasteiger partial charge is 0.228 e. The number of aliphatic hydroxyl groups is 16. The van der Waals surface area contributed by atoms with Crippen LogP contribution in [0.25, 0.3) is 0 Å². The molecule has 0 aliphatic carbocycles. The first-order valence-corrected chi connectivity index (χ1v) is 26.3. The van der Waals surface area contributed by atoms with Crippen molar-refractivity contribution in [2.75, 3.05) is 19.8 Å². The molecule has 30 atom stereocenters. The van der Waals surface area contributed by atoms with Crippen LogP contribution < -0.4 is 0 Å². The minimum atomic E-state index is -1.82. The summed E-state index contributed by atoms with van der Waals surface area (Å²) in [4.78, 5) is 0. The molecular formula is C50H84O28. The Morgan fingerprint density at radius 1 is 0.359 bits per heavy atom. The molecule has 16 N–H and O–H groups in total. The summed E-state index contributed by atoms with van der Waals surface area (Å²) in [7, 11) is 0. The first-order chi connectivity index (χ1) is 36.8. The zero-order chi connectivity index (χ0) is 57.6. The van der Waals surface area contributed by atoms with E-state index in [0.29, 0.717) is 36.8 Å². The molecule has 28 nitrogen and oxygen atoms in total. The Labute approximate surface area is 451 Å². The number of ether oxygens (including phenoxy) is 12. The highest BCUT2D eigenvalue weighted by Crippen LogP contribution is 2.36. The molecule has 6 aliphatic heterocycles. The molecular weight excluding hydrogens is 1050 g/mol. The zero-order valence-electron chi connectivity index (χ0n) is 44.6. The largest absolute Gasteiger partial charge is 0.470 e. The molecule has 0 radical (unpaired) electrons. The predicted octanol–water partition coefficient (Wildman–Crippen LogP) is -5.62. The van der Waals surface area contributed by atoms with E-state index < -0.39 is 197 Å². The van der Waals surface area contributed by atoms with Gasteiger partial charge in [0.15, 0.2) is 37.6 Å². The molecule has 6 aliphatic rings. The quantitative estimate of drug-likeness (QED) is 0.0376. The van der Waals surface area contributed by atoms with Crippen molar-refractivity contribution in [3.63, 3.8) is 0 Å². The Bertz CT molecular complexity index is 1930. The maximum absolute atomic E-state index is 11.4. The molecule has 6 heterocycles. The molecule has 0 aromatic rings. The van der Waals surface area contributed by atoms with Gasteiger partial charge in [-0.25, -0.2) is 0 Å². The van der Waals surface area contributed by atoms with Gasteiger partial charge < -0.3 is 139 Å². The Kier molecular flexibility index (Phi) is 24.2. The zero-order valence-corrected chi connectivity index (χ0v) is 44.6. The lowest BCUT2D eigenvalue weighted by molar-refractivity contribution is -0.388. The molecule has 0 aromatic heterocycles. The van der Waals surface area contributed by atoms with Crippen molar-refractivity contribution in [1.29, 1.82) is 0 Å². The Balaban J connectivity index is 1.08. The van der Waals surface area contributed by atoms with Gasteiger partial charge in [0, 0.05) is 0 Å². The van der Waals surface area contributed by atoms with Crippen LogP contribution in [0, 0.1) is 0 Å². The summed E-state index contributed by atoms with van der Waals surface area (Å²) in [6, 6.07) is 0. The van der Waals surface area contributed by atoms with Gasteiger partial charge in [0.25, 0.3) is 0 Å². The van der Waals surface area contributed by atoms with Gasteiger partial charge in [-0.15, -0.1) is 0 Å². The van der Waals surface area contributed by atoms with Gasteiger partial charge in [-0.05, 0) is 79.7 Å². The van der Waals surface area contributed by atoms with Crippen LogP contribution in [0.4, 0.5) is 0 Å². The number of aliphatic hydroxyl groups excluding tert-OH is 16. The topological polar surface area (TPSA) is 434 Å². The third-order valence-electron chi connectivity index (χ3n) is 14.9. The summed E-state index contributed by atoms with van der Waals surface area (Å²) >= 11 is 0. The highest BCUT2D eigenvalue weighted by molar-refractivity contribution is 5.07. The van der Waals surface area contributed by atoms with Crippen LogP contribution in [-0.4, -0.2) is 286 Å². The minimum absolute atomic E-state index is 0.0999. The van der Waals surface area contributed by atoms with Crippen LogP contribution in [0.2, 0.25) is 0 Å². The number of allylic oxidation sites excluding steroid dienone is 4. The third-order valence-corrected chi connectivity index (χ3v) is 14.9. The lowest BCUT2D eigenvalue weighted by Crippen LogP contribution is -2.66. The summed E-state index contributed by atoms with van der Waals surface area (Å²) in [5, 5.41) is 170. The molecule has 0 aromatic carbocycles. The van der Waals surface area contributed by atoms with E-state index in [4.69, 9.17) is 56.8 Å².